The average molecular weight is 301 g/mol. The first-order valence-corrected chi connectivity index (χ1v) is 6.75. The maximum absolute atomic E-state index is 9.06. The molecule has 1 fully saturated rings. The molecule has 0 saturated carbocycles. The number of rotatable bonds is 6. The van der Waals surface area contributed by atoms with Gasteiger partial charge in [0.05, 0.1) is 0 Å². The predicted octanol–water partition coefficient (Wildman–Crippen LogP) is 2.31. The normalized spacial score (nSPS) is 24.5. The molecule has 5 heteroatoms. The van der Waals surface area contributed by atoms with Crippen LogP contribution in [-0.2, 0) is 0 Å². The Hall–Kier alpha value is 0.460. The third-order valence-corrected chi connectivity index (χ3v) is 3.34. The van der Waals surface area contributed by atoms with Gasteiger partial charge in [-0.15, -0.1) is 24.8 Å². The first kappa shape index (κ1) is 20.8. The zero-order valence-electron chi connectivity index (χ0n) is 11.9. The van der Waals surface area contributed by atoms with Crippen LogP contribution in [-0.4, -0.2) is 48.3 Å². The largest absolute Gasteiger partial charge is 0.396 e. The van der Waals surface area contributed by atoms with E-state index in [9.17, 15) is 0 Å². The standard InChI is InChI=1S/C13H28N2O.2ClH/c1-4-6-15-10-12(8-11(2)3)14-9-13(15)5-7-16;;/h11-14,16H,4-10H2,1-3H3;2*1H. The van der Waals surface area contributed by atoms with Crippen molar-refractivity contribution in [2.75, 3.05) is 26.2 Å². The quantitative estimate of drug-likeness (QED) is 0.790. The fraction of sp³-hybridized carbons (Fsp3) is 1.00. The zero-order valence-corrected chi connectivity index (χ0v) is 13.5. The molecule has 1 heterocycles. The molecule has 1 rings (SSSR count). The van der Waals surface area contributed by atoms with Crippen LogP contribution in [0.5, 0.6) is 0 Å². The first-order chi connectivity index (χ1) is 7.67. The molecule has 0 radical (unpaired) electrons. The Kier molecular flexibility index (Phi) is 13.0. The lowest BCUT2D eigenvalue weighted by Crippen LogP contribution is -2.57. The Morgan fingerprint density at radius 1 is 1.33 bits per heavy atom. The van der Waals surface area contributed by atoms with Crippen LogP contribution < -0.4 is 5.32 Å². The summed E-state index contributed by atoms with van der Waals surface area (Å²) in [6.45, 7) is 10.5. The fourth-order valence-electron chi connectivity index (χ4n) is 2.65. The Labute approximate surface area is 125 Å². The Bertz CT molecular complexity index is 194. The number of aliphatic hydroxyl groups is 1. The molecule has 2 atom stereocenters. The molecule has 18 heavy (non-hydrogen) atoms. The van der Waals surface area contributed by atoms with Crippen LogP contribution in [0.2, 0.25) is 0 Å². The summed E-state index contributed by atoms with van der Waals surface area (Å²) in [6, 6.07) is 1.18. The van der Waals surface area contributed by atoms with E-state index in [-0.39, 0.29) is 24.8 Å². The second-order valence-corrected chi connectivity index (χ2v) is 5.40. The minimum absolute atomic E-state index is 0. The second-order valence-electron chi connectivity index (χ2n) is 5.40. The van der Waals surface area contributed by atoms with Crippen LogP contribution in [0.25, 0.3) is 0 Å². The fourth-order valence-corrected chi connectivity index (χ4v) is 2.65. The van der Waals surface area contributed by atoms with E-state index in [0.29, 0.717) is 18.7 Å². The van der Waals surface area contributed by atoms with Crippen molar-refractivity contribution < 1.29 is 5.11 Å². The van der Waals surface area contributed by atoms with Crippen molar-refractivity contribution in [2.45, 2.75) is 52.1 Å². The molecule has 0 aromatic carbocycles. The highest BCUT2D eigenvalue weighted by atomic mass is 35.5. The van der Waals surface area contributed by atoms with E-state index in [1.54, 1.807) is 0 Å². The molecule has 112 valence electrons. The molecule has 0 aromatic heterocycles. The van der Waals surface area contributed by atoms with E-state index in [2.05, 4.69) is 31.0 Å². The van der Waals surface area contributed by atoms with Crippen molar-refractivity contribution in [3.05, 3.63) is 0 Å². The van der Waals surface area contributed by atoms with E-state index in [0.717, 1.165) is 25.4 Å². The van der Waals surface area contributed by atoms with Crippen molar-refractivity contribution in [3.8, 4) is 0 Å². The molecular formula is C13H30Cl2N2O. The first-order valence-electron chi connectivity index (χ1n) is 6.75. The van der Waals surface area contributed by atoms with Gasteiger partial charge in [-0.05, 0) is 31.7 Å². The highest BCUT2D eigenvalue weighted by Crippen LogP contribution is 2.15. The van der Waals surface area contributed by atoms with Crippen molar-refractivity contribution in [1.29, 1.82) is 0 Å². The number of hydrogen-bond donors (Lipinski definition) is 2. The number of piperazine rings is 1. The van der Waals surface area contributed by atoms with Crippen LogP contribution in [0.1, 0.15) is 40.0 Å². The van der Waals surface area contributed by atoms with Crippen LogP contribution in [0, 0.1) is 5.92 Å². The zero-order chi connectivity index (χ0) is 12.0. The molecular weight excluding hydrogens is 271 g/mol. The lowest BCUT2D eigenvalue weighted by molar-refractivity contribution is 0.100. The third kappa shape index (κ3) is 7.15. The summed E-state index contributed by atoms with van der Waals surface area (Å²) in [6.07, 6.45) is 3.36. The van der Waals surface area contributed by atoms with Gasteiger partial charge >= 0.3 is 0 Å². The van der Waals surface area contributed by atoms with Crippen LogP contribution in [0.3, 0.4) is 0 Å². The summed E-state index contributed by atoms with van der Waals surface area (Å²) < 4.78 is 0. The molecule has 1 aliphatic rings. The molecule has 0 amide bonds. The molecule has 2 N–H and O–H groups in total. The van der Waals surface area contributed by atoms with Crippen molar-refractivity contribution >= 4 is 24.8 Å². The van der Waals surface area contributed by atoms with Crippen molar-refractivity contribution in [2.24, 2.45) is 5.92 Å². The van der Waals surface area contributed by atoms with E-state index in [1.165, 1.54) is 19.4 Å². The number of halogens is 2. The number of hydrogen-bond acceptors (Lipinski definition) is 3. The highest BCUT2D eigenvalue weighted by Gasteiger charge is 2.26. The van der Waals surface area contributed by atoms with Crippen LogP contribution in [0.15, 0.2) is 0 Å². The molecule has 1 aliphatic heterocycles. The number of nitrogens with zero attached hydrogens (tertiary/aromatic N) is 1. The summed E-state index contributed by atoms with van der Waals surface area (Å²) in [7, 11) is 0. The maximum Gasteiger partial charge on any atom is 0.0446 e. The van der Waals surface area contributed by atoms with Gasteiger partial charge in [0, 0.05) is 31.8 Å². The smallest absolute Gasteiger partial charge is 0.0446 e. The number of nitrogens with one attached hydrogen (secondary N) is 1. The van der Waals surface area contributed by atoms with Gasteiger partial charge in [-0.1, -0.05) is 20.8 Å². The summed E-state index contributed by atoms with van der Waals surface area (Å²) >= 11 is 0. The summed E-state index contributed by atoms with van der Waals surface area (Å²) in [4.78, 5) is 2.56. The lowest BCUT2D eigenvalue weighted by atomic mass is 9.98. The van der Waals surface area contributed by atoms with Gasteiger partial charge in [0.25, 0.3) is 0 Å². The third-order valence-electron chi connectivity index (χ3n) is 3.34. The Morgan fingerprint density at radius 3 is 2.50 bits per heavy atom. The Morgan fingerprint density at radius 2 is 2.00 bits per heavy atom. The summed E-state index contributed by atoms with van der Waals surface area (Å²) in [5.41, 5.74) is 0. The average Bonchev–Trinajstić information content (AvgIpc) is 2.21. The van der Waals surface area contributed by atoms with Gasteiger partial charge in [0.2, 0.25) is 0 Å². The minimum atomic E-state index is 0. The summed E-state index contributed by atoms with van der Waals surface area (Å²) in [5, 5.41) is 12.7. The summed E-state index contributed by atoms with van der Waals surface area (Å²) in [5.74, 6) is 0.760. The van der Waals surface area contributed by atoms with Gasteiger partial charge < -0.3 is 10.4 Å². The highest BCUT2D eigenvalue weighted by molar-refractivity contribution is 5.85. The molecule has 0 bridgehead atoms. The predicted molar refractivity (Wildman–Crippen MR) is 83.1 cm³/mol. The van der Waals surface area contributed by atoms with E-state index in [1.807, 2.05) is 0 Å². The van der Waals surface area contributed by atoms with Crippen molar-refractivity contribution in [3.63, 3.8) is 0 Å². The van der Waals surface area contributed by atoms with Gasteiger partial charge in [0.1, 0.15) is 0 Å². The minimum Gasteiger partial charge on any atom is -0.396 e. The number of aliphatic hydroxyl groups excluding tert-OH is 1. The van der Waals surface area contributed by atoms with Crippen LogP contribution >= 0.6 is 24.8 Å². The monoisotopic (exact) mass is 300 g/mol. The van der Waals surface area contributed by atoms with Gasteiger partial charge in [-0.2, -0.15) is 0 Å². The topological polar surface area (TPSA) is 35.5 Å². The molecule has 0 aromatic rings. The molecule has 1 saturated heterocycles. The Balaban J connectivity index is 0. The second kappa shape index (κ2) is 11.3. The van der Waals surface area contributed by atoms with Gasteiger partial charge in [-0.3, -0.25) is 4.90 Å². The molecule has 3 nitrogen and oxygen atoms in total. The van der Waals surface area contributed by atoms with Crippen LogP contribution in [0.4, 0.5) is 0 Å². The molecule has 0 aliphatic carbocycles. The van der Waals surface area contributed by atoms with E-state index < -0.39 is 0 Å². The molecule has 0 spiro atoms. The SMILES string of the molecule is CCCN1CC(CC(C)C)NCC1CCO.Cl.Cl. The van der Waals surface area contributed by atoms with Gasteiger partial charge in [-0.25, -0.2) is 0 Å². The molecule has 2 unspecified atom stereocenters. The van der Waals surface area contributed by atoms with E-state index in [4.69, 9.17) is 5.11 Å². The van der Waals surface area contributed by atoms with Gasteiger partial charge in [0.15, 0.2) is 0 Å². The van der Waals surface area contributed by atoms with E-state index >= 15 is 0 Å². The van der Waals surface area contributed by atoms with Crippen molar-refractivity contribution in [1.82, 2.24) is 10.2 Å². The lowest BCUT2D eigenvalue weighted by Gasteiger charge is -2.40. The maximum atomic E-state index is 9.06.